The first kappa shape index (κ1) is 13.5. The molecule has 1 heterocycles. The van der Waals surface area contributed by atoms with Crippen LogP contribution in [0.2, 0.25) is 0 Å². The minimum Gasteiger partial charge on any atom is -0.396 e. The number of hydrogen-bond donors (Lipinski definition) is 2. The van der Waals surface area contributed by atoms with Crippen LogP contribution in [0.1, 0.15) is 27.2 Å². The lowest BCUT2D eigenvalue weighted by atomic mass is 9.85. The summed E-state index contributed by atoms with van der Waals surface area (Å²) in [7, 11) is 0. The third kappa shape index (κ3) is 4.10. The maximum Gasteiger partial charge on any atom is 0.127 e. The Hall–Kier alpha value is -0.610. The van der Waals surface area contributed by atoms with Crippen LogP contribution in [0.3, 0.4) is 0 Å². The van der Waals surface area contributed by atoms with Gasteiger partial charge in [0.1, 0.15) is 10.4 Å². The number of pyridine rings is 1. The Balaban J connectivity index is 2.76. The fourth-order valence-electron chi connectivity index (χ4n) is 1.52. The van der Waals surface area contributed by atoms with Gasteiger partial charge in [0.15, 0.2) is 0 Å². The van der Waals surface area contributed by atoms with E-state index in [1.165, 1.54) is 0 Å². The van der Waals surface area contributed by atoms with Crippen LogP contribution in [0.15, 0.2) is 22.8 Å². The van der Waals surface area contributed by atoms with Gasteiger partial charge >= 0.3 is 0 Å². The quantitative estimate of drug-likeness (QED) is 0.837. The summed E-state index contributed by atoms with van der Waals surface area (Å²) in [5.41, 5.74) is 0.0900. The molecule has 0 aromatic carbocycles. The van der Waals surface area contributed by atoms with Crippen molar-refractivity contribution in [2.75, 3.05) is 11.9 Å². The maximum atomic E-state index is 9.06. The summed E-state index contributed by atoms with van der Waals surface area (Å²) >= 11 is 3.34. The molecule has 0 saturated heterocycles. The first-order valence-corrected chi connectivity index (χ1v) is 6.23. The lowest BCUT2D eigenvalue weighted by Gasteiger charge is -2.31. The number of aliphatic hydroxyl groups is 1. The number of aliphatic hydroxyl groups excluding tert-OH is 1. The molecular formula is C12H19BrN2O. The van der Waals surface area contributed by atoms with Crippen molar-refractivity contribution in [3.05, 3.63) is 22.8 Å². The van der Waals surface area contributed by atoms with Gasteiger partial charge in [0.25, 0.3) is 0 Å². The molecule has 1 aromatic rings. The topological polar surface area (TPSA) is 45.1 Å². The summed E-state index contributed by atoms with van der Waals surface area (Å²) < 4.78 is 0.814. The summed E-state index contributed by atoms with van der Waals surface area (Å²) in [4.78, 5) is 4.33. The second kappa shape index (κ2) is 5.64. The SMILES string of the molecule is CC(C)(C)C(CCO)Nc1cccc(Br)n1. The van der Waals surface area contributed by atoms with Gasteiger partial charge in [-0.15, -0.1) is 0 Å². The molecule has 1 aromatic heterocycles. The number of nitrogens with zero attached hydrogens (tertiary/aromatic N) is 1. The van der Waals surface area contributed by atoms with E-state index in [2.05, 4.69) is 47.0 Å². The largest absolute Gasteiger partial charge is 0.396 e. The van der Waals surface area contributed by atoms with Crippen molar-refractivity contribution < 1.29 is 5.11 Å². The van der Waals surface area contributed by atoms with Crippen molar-refractivity contribution in [3.63, 3.8) is 0 Å². The monoisotopic (exact) mass is 286 g/mol. The fourth-order valence-corrected chi connectivity index (χ4v) is 1.86. The molecule has 16 heavy (non-hydrogen) atoms. The number of nitrogens with one attached hydrogen (secondary N) is 1. The van der Waals surface area contributed by atoms with Crippen molar-refractivity contribution in [3.8, 4) is 0 Å². The summed E-state index contributed by atoms with van der Waals surface area (Å²) in [6, 6.07) is 5.97. The van der Waals surface area contributed by atoms with Gasteiger partial charge in [0.2, 0.25) is 0 Å². The van der Waals surface area contributed by atoms with Crippen molar-refractivity contribution in [2.45, 2.75) is 33.2 Å². The Bertz CT molecular complexity index is 336. The Kier molecular flexibility index (Phi) is 4.74. The molecule has 3 nitrogen and oxygen atoms in total. The Morgan fingerprint density at radius 2 is 2.12 bits per heavy atom. The van der Waals surface area contributed by atoms with Gasteiger partial charge in [0.05, 0.1) is 0 Å². The van der Waals surface area contributed by atoms with Gasteiger partial charge in [-0.3, -0.25) is 0 Å². The number of anilines is 1. The van der Waals surface area contributed by atoms with Crippen molar-refractivity contribution in [2.24, 2.45) is 5.41 Å². The molecule has 0 aliphatic heterocycles. The van der Waals surface area contributed by atoms with E-state index in [9.17, 15) is 0 Å². The standard InChI is InChI=1S/C12H19BrN2O/c1-12(2,3)9(7-8-16)14-11-6-4-5-10(13)15-11/h4-6,9,16H,7-8H2,1-3H3,(H,14,15). The van der Waals surface area contributed by atoms with Crippen LogP contribution in [0.5, 0.6) is 0 Å². The number of rotatable bonds is 4. The average molecular weight is 287 g/mol. The van der Waals surface area contributed by atoms with Crippen LogP contribution in [-0.2, 0) is 0 Å². The van der Waals surface area contributed by atoms with E-state index in [0.29, 0.717) is 0 Å². The predicted octanol–water partition coefficient (Wildman–Crippen LogP) is 3.05. The third-order valence-corrected chi connectivity index (χ3v) is 2.94. The van der Waals surface area contributed by atoms with Gasteiger partial charge in [-0.1, -0.05) is 26.8 Å². The molecule has 0 saturated carbocycles. The molecule has 0 aliphatic rings. The lowest BCUT2D eigenvalue weighted by Crippen LogP contribution is -2.35. The minimum absolute atomic E-state index is 0.0900. The van der Waals surface area contributed by atoms with Crippen LogP contribution in [0.4, 0.5) is 5.82 Å². The zero-order valence-electron chi connectivity index (χ0n) is 10.00. The summed E-state index contributed by atoms with van der Waals surface area (Å²) in [6.07, 6.45) is 0.720. The van der Waals surface area contributed by atoms with E-state index in [4.69, 9.17) is 5.11 Å². The number of hydrogen-bond acceptors (Lipinski definition) is 3. The van der Waals surface area contributed by atoms with E-state index < -0.39 is 0 Å². The first-order chi connectivity index (χ1) is 7.43. The van der Waals surface area contributed by atoms with Gasteiger partial charge in [-0.05, 0) is 39.9 Å². The van der Waals surface area contributed by atoms with Crippen LogP contribution < -0.4 is 5.32 Å². The van der Waals surface area contributed by atoms with Crippen molar-refractivity contribution in [1.82, 2.24) is 4.98 Å². The van der Waals surface area contributed by atoms with Gasteiger partial charge in [0, 0.05) is 12.6 Å². The highest BCUT2D eigenvalue weighted by Crippen LogP contribution is 2.25. The molecule has 0 spiro atoms. The van der Waals surface area contributed by atoms with E-state index in [-0.39, 0.29) is 18.1 Å². The van der Waals surface area contributed by atoms with Gasteiger partial charge in [-0.25, -0.2) is 4.98 Å². The summed E-state index contributed by atoms with van der Waals surface area (Å²) in [6.45, 7) is 6.64. The fraction of sp³-hybridized carbons (Fsp3) is 0.583. The van der Waals surface area contributed by atoms with E-state index in [1.54, 1.807) is 0 Å². The summed E-state index contributed by atoms with van der Waals surface area (Å²) in [5.74, 6) is 0.836. The predicted molar refractivity (Wildman–Crippen MR) is 70.5 cm³/mol. The molecule has 1 atom stereocenters. The Morgan fingerprint density at radius 1 is 1.44 bits per heavy atom. The highest BCUT2D eigenvalue weighted by Gasteiger charge is 2.24. The minimum atomic E-state index is 0.0900. The zero-order valence-corrected chi connectivity index (χ0v) is 11.6. The van der Waals surface area contributed by atoms with Gasteiger partial charge in [-0.2, -0.15) is 0 Å². The van der Waals surface area contributed by atoms with Gasteiger partial charge < -0.3 is 10.4 Å². The normalized spacial score (nSPS) is 13.6. The molecule has 0 bridgehead atoms. The van der Waals surface area contributed by atoms with E-state index in [1.807, 2.05) is 18.2 Å². The molecule has 4 heteroatoms. The summed E-state index contributed by atoms with van der Waals surface area (Å²) in [5, 5.41) is 12.4. The van der Waals surface area contributed by atoms with Crippen LogP contribution in [0.25, 0.3) is 0 Å². The van der Waals surface area contributed by atoms with Crippen LogP contribution in [-0.4, -0.2) is 22.7 Å². The Morgan fingerprint density at radius 3 is 2.62 bits per heavy atom. The highest BCUT2D eigenvalue weighted by molar-refractivity contribution is 9.10. The number of aromatic nitrogens is 1. The third-order valence-electron chi connectivity index (χ3n) is 2.50. The second-order valence-corrected chi connectivity index (χ2v) is 5.73. The Labute approximate surface area is 105 Å². The molecule has 0 amide bonds. The van der Waals surface area contributed by atoms with E-state index in [0.717, 1.165) is 16.8 Å². The molecule has 1 unspecified atom stereocenters. The zero-order chi connectivity index (χ0) is 12.2. The van der Waals surface area contributed by atoms with E-state index >= 15 is 0 Å². The molecule has 2 N–H and O–H groups in total. The highest BCUT2D eigenvalue weighted by atomic mass is 79.9. The van der Waals surface area contributed by atoms with Crippen molar-refractivity contribution in [1.29, 1.82) is 0 Å². The molecule has 0 aliphatic carbocycles. The number of halogens is 1. The maximum absolute atomic E-state index is 9.06. The first-order valence-electron chi connectivity index (χ1n) is 5.43. The van der Waals surface area contributed by atoms with Crippen LogP contribution >= 0.6 is 15.9 Å². The smallest absolute Gasteiger partial charge is 0.127 e. The average Bonchev–Trinajstić information content (AvgIpc) is 2.16. The lowest BCUT2D eigenvalue weighted by molar-refractivity contribution is 0.235. The second-order valence-electron chi connectivity index (χ2n) is 4.92. The molecule has 0 radical (unpaired) electrons. The molecule has 0 fully saturated rings. The molecule has 1 rings (SSSR count). The molecular weight excluding hydrogens is 268 g/mol. The molecule has 90 valence electrons. The van der Waals surface area contributed by atoms with Crippen LogP contribution in [0, 0.1) is 5.41 Å². The van der Waals surface area contributed by atoms with Crippen molar-refractivity contribution >= 4 is 21.7 Å².